The second-order valence-electron chi connectivity index (χ2n) is 7.09. The molecule has 1 atom stereocenters. The molecule has 1 unspecified atom stereocenters. The molecule has 2 aliphatic rings. The molecule has 6 nitrogen and oxygen atoms in total. The van der Waals surface area contributed by atoms with Crippen LogP contribution >= 0.6 is 11.8 Å². The molecular weight excluding hydrogens is 360 g/mol. The molecule has 0 aromatic heterocycles. The van der Waals surface area contributed by atoms with Crippen LogP contribution in [0.2, 0.25) is 0 Å². The molecule has 1 aromatic carbocycles. The third kappa shape index (κ3) is 6.43. The fourth-order valence-corrected chi connectivity index (χ4v) is 4.47. The number of anilines is 1. The van der Waals surface area contributed by atoms with Crippen molar-refractivity contribution in [3.63, 3.8) is 0 Å². The first-order chi connectivity index (χ1) is 13.2. The highest BCUT2D eigenvalue weighted by atomic mass is 32.2. The highest BCUT2D eigenvalue weighted by molar-refractivity contribution is 7.99. The van der Waals surface area contributed by atoms with E-state index in [1.807, 2.05) is 34.9 Å². The molecule has 2 N–H and O–H groups in total. The van der Waals surface area contributed by atoms with Crippen molar-refractivity contribution in [1.82, 2.24) is 15.5 Å². The van der Waals surface area contributed by atoms with E-state index < -0.39 is 0 Å². The van der Waals surface area contributed by atoms with E-state index in [0.717, 1.165) is 44.2 Å². The van der Waals surface area contributed by atoms with Crippen LogP contribution in [-0.4, -0.2) is 73.5 Å². The lowest BCUT2D eigenvalue weighted by Crippen LogP contribution is -2.48. The molecule has 148 valence electrons. The van der Waals surface area contributed by atoms with E-state index in [2.05, 4.69) is 27.7 Å². The van der Waals surface area contributed by atoms with E-state index in [1.165, 1.54) is 5.69 Å². The van der Waals surface area contributed by atoms with Crippen molar-refractivity contribution in [2.24, 2.45) is 0 Å². The van der Waals surface area contributed by atoms with Gasteiger partial charge in [-0.1, -0.05) is 18.2 Å². The summed E-state index contributed by atoms with van der Waals surface area (Å²) < 4.78 is 0. The summed E-state index contributed by atoms with van der Waals surface area (Å²) in [4.78, 5) is 28.6. The smallest absolute Gasteiger partial charge is 0.222 e. The third-order valence-corrected chi connectivity index (χ3v) is 6.20. The summed E-state index contributed by atoms with van der Waals surface area (Å²) in [6.07, 6.45) is 1.74. The molecule has 0 spiro atoms. The SMILES string of the molecule is O=C(CC1CSCCN1)NCCCC(=O)N1CCN(c2ccccc2)CC1. The number of para-hydroxylation sites is 1. The van der Waals surface area contributed by atoms with Crippen LogP contribution in [0.25, 0.3) is 0 Å². The number of hydrogen-bond donors (Lipinski definition) is 2. The van der Waals surface area contributed by atoms with Gasteiger partial charge in [0, 0.05) is 75.3 Å². The fourth-order valence-electron chi connectivity index (χ4n) is 3.53. The van der Waals surface area contributed by atoms with Crippen LogP contribution in [0.1, 0.15) is 19.3 Å². The maximum atomic E-state index is 12.4. The number of amides is 2. The van der Waals surface area contributed by atoms with Gasteiger partial charge in [0.15, 0.2) is 0 Å². The summed E-state index contributed by atoms with van der Waals surface area (Å²) in [5, 5.41) is 6.32. The summed E-state index contributed by atoms with van der Waals surface area (Å²) >= 11 is 1.90. The van der Waals surface area contributed by atoms with Crippen molar-refractivity contribution >= 4 is 29.3 Å². The Morgan fingerprint density at radius 3 is 2.63 bits per heavy atom. The Morgan fingerprint density at radius 2 is 1.93 bits per heavy atom. The van der Waals surface area contributed by atoms with Crippen molar-refractivity contribution < 1.29 is 9.59 Å². The number of piperazine rings is 1. The zero-order chi connectivity index (χ0) is 18.9. The van der Waals surface area contributed by atoms with Crippen LogP contribution < -0.4 is 15.5 Å². The molecule has 27 heavy (non-hydrogen) atoms. The first kappa shape index (κ1) is 20.0. The fraction of sp³-hybridized carbons (Fsp3) is 0.600. The van der Waals surface area contributed by atoms with Gasteiger partial charge in [0.25, 0.3) is 0 Å². The van der Waals surface area contributed by atoms with E-state index >= 15 is 0 Å². The van der Waals surface area contributed by atoms with Crippen LogP contribution in [0.5, 0.6) is 0 Å². The first-order valence-electron chi connectivity index (χ1n) is 9.88. The average molecular weight is 391 g/mol. The van der Waals surface area contributed by atoms with Gasteiger partial charge in [0.1, 0.15) is 0 Å². The minimum atomic E-state index is 0.0823. The summed E-state index contributed by atoms with van der Waals surface area (Å²) in [5.74, 6) is 2.40. The van der Waals surface area contributed by atoms with Gasteiger partial charge < -0.3 is 20.4 Å². The topological polar surface area (TPSA) is 64.7 Å². The molecule has 2 aliphatic heterocycles. The van der Waals surface area contributed by atoms with Crippen molar-refractivity contribution in [2.45, 2.75) is 25.3 Å². The number of carbonyl (C=O) groups is 2. The van der Waals surface area contributed by atoms with Gasteiger partial charge in [-0.3, -0.25) is 9.59 Å². The third-order valence-electron chi connectivity index (χ3n) is 5.07. The standard InChI is InChI=1S/C20H30N4O2S/c25-19(15-17-16-27-14-9-21-17)22-8-4-7-20(26)24-12-10-23(11-13-24)18-5-2-1-3-6-18/h1-3,5-6,17,21H,4,7-16H2,(H,22,25). The summed E-state index contributed by atoms with van der Waals surface area (Å²) in [6.45, 7) is 4.84. The predicted molar refractivity (Wildman–Crippen MR) is 111 cm³/mol. The lowest BCUT2D eigenvalue weighted by molar-refractivity contribution is -0.131. The average Bonchev–Trinajstić information content (AvgIpc) is 2.72. The van der Waals surface area contributed by atoms with Crippen LogP contribution in [0, 0.1) is 0 Å². The number of hydrogen-bond acceptors (Lipinski definition) is 5. The van der Waals surface area contributed by atoms with E-state index in [0.29, 0.717) is 25.8 Å². The molecule has 0 radical (unpaired) electrons. The molecule has 0 bridgehead atoms. The van der Waals surface area contributed by atoms with E-state index in [-0.39, 0.29) is 17.9 Å². The van der Waals surface area contributed by atoms with Crippen LogP contribution in [0.3, 0.4) is 0 Å². The van der Waals surface area contributed by atoms with Crippen LogP contribution in [0.15, 0.2) is 30.3 Å². The normalized spacial score (nSPS) is 20.4. The highest BCUT2D eigenvalue weighted by Crippen LogP contribution is 2.16. The Labute approximate surface area is 166 Å². The van der Waals surface area contributed by atoms with Gasteiger partial charge in [-0.2, -0.15) is 11.8 Å². The minimum Gasteiger partial charge on any atom is -0.368 e. The van der Waals surface area contributed by atoms with Crippen LogP contribution in [0.4, 0.5) is 5.69 Å². The van der Waals surface area contributed by atoms with Crippen molar-refractivity contribution in [2.75, 3.05) is 55.7 Å². The van der Waals surface area contributed by atoms with Gasteiger partial charge in [0.2, 0.25) is 11.8 Å². The van der Waals surface area contributed by atoms with Gasteiger partial charge >= 0.3 is 0 Å². The van der Waals surface area contributed by atoms with E-state index in [1.54, 1.807) is 0 Å². The van der Waals surface area contributed by atoms with Crippen molar-refractivity contribution in [3.05, 3.63) is 30.3 Å². The molecule has 2 fully saturated rings. The Balaban J connectivity index is 1.28. The Hall–Kier alpha value is -1.73. The second kappa shape index (κ2) is 10.6. The van der Waals surface area contributed by atoms with Crippen molar-refractivity contribution in [3.8, 4) is 0 Å². The van der Waals surface area contributed by atoms with Crippen molar-refractivity contribution in [1.29, 1.82) is 0 Å². The number of nitrogens with one attached hydrogen (secondary N) is 2. The number of nitrogens with zero attached hydrogens (tertiary/aromatic N) is 2. The van der Waals surface area contributed by atoms with Gasteiger partial charge in [-0.05, 0) is 18.6 Å². The van der Waals surface area contributed by atoms with Crippen LogP contribution in [-0.2, 0) is 9.59 Å². The quantitative estimate of drug-likeness (QED) is 0.688. The highest BCUT2D eigenvalue weighted by Gasteiger charge is 2.21. The molecular formula is C20H30N4O2S. The number of thioether (sulfide) groups is 1. The first-order valence-corrected chi connectivity index (χ1v) is 11.0. The molecule has 7 heteroatoms. The number of rotatable bonds is 7. The minimum absolute atomic E-state index is 0.0823. The zero-order valence-corrected chi connectivity index (χ0v) is 16.7. The van der Waals surface area contributed by atoms with E-state index in [4.69, 9.17) is 0 Å². The Morgan fingerprint density at radius 1 is 1.15 bits per heavy atom. The molecule has 2 saturated heterocycles. The predicted octanol–water partition coefficient (Wildman–Crippen LogP) is 1.33. The molecule has 2 heterocycles. The number of benzene rings is 1. The summed E-state index contributed by atoms with van der Waals surface area (Å²) in [7, 11) is 0. The Kier molecular flexibility index (Phi) is 7.83. The number of carbonyl (C=O) groups excluding carboxylic acids is 2. The molecule has 0 aliphatic carbocycles. The maximum absolute atomic E-state index is 12.4. The molecule has 3 rings (SSSR count). The maximum Gasteiger partial charge on any atom is 0.222 e. The molecule has 1 aromatic rings. The van der Waals surface area contributed by atoms with Gasteiger partial charge in [0.05, 0.1) is 0 Å². The molecule has 2 amide bonds. The monoisotopic (exact) mass is 390 g/mol. The molecule has 0 saturated carbocycles. The van der Waals surface area contributed by atoms with E-state index in [9.17, 15) is 9.59 Å². The Bertz CT molecular complexity index is 599. The zero-order valence-electron chi connectivity index (χ0n) is 15.9. The lowest BCUT2D eigenvalue weighted by Gasteiger charge is -2.36. The summed E-state index contributed by atoms with van der Waals surface area (Å²) in [5.41, 5.74) is 1.22. The largest absolute Gasteiger partial charge is 0.368 e. The second-order valence-corrected chi connectivity index (χ2v) is 8.24. The lowest BCUT2D eigenvalue weighted by atomic mass is 10.2. The van der Waals surface area contributed by atoms with Gasteiger partial charge in [-0.15, -0.1) is 0 Å². The van der Waals surface area contributed by atoms with Gasteiger partial charge in [-0.25, -0.2) is 0 Å². The summed E-state index contributed by atoms with van der Waals surface area (Å²) in [6, 6.07) is 10.6.